The summed E-state index contributed by atoms with van der Waals surface area (Å²) in [6, 6.07) is 6.69. The molecule has 3 aliphatic heterocycles. The smallest absolute Gasteiger partial charge is 0.0851 e. The van der Waals surface area contributed by atoms with Gasteiger partial charge < -0.3 is 14.4 Å². The summed E-state index contributed by atoms with van der Waals surface area (Å²) in [5.74, 6) is 0. The van der Waals surface area contributed by atoms with Crippen LogP contribution in [0.2, 0.25) is 0 Å². The standard InChI is InChI=1S/C14H17NO2/c1-2-10(6-11-8-16-11)13(7-12-9-17-12)14(3-1)15-4-5-15/h1-3,11-12H,4-9H2. The number of hydrogen-bond acceptors (Lipinski definition) is 3. The van der Waals surface area contributed by atoms with Crippen LogP contribution < -0.4 is 4.90 Å². The number of nitrogens with zero attached hydrogens (tertiary/aromatic N) is 1. The molecule has 3 fully saturated rings. The molecule has 90 valence electrons. The van der Waals surface area contributed by atoms with Crippen molar-refractivity contribution in [3.8, 4) is 0 Å². The van der Waals surface area contributed by atoms with Crippen molar-refractivity contribution in [2.45, 2.75) is 25.0 Å². The van der Waals surface area contributed by atoms with Crippen LogP contribution in [-0.2, 0) is 22.3 Å². The van der Waals surface area contributed by atoms with E-state index in [1.165, 1.54) is 29.9 Å². The third kappa shape index (κ3) is 2.17. The highest BCUT2D eigenvalue weighted by atomic mass is 16.6. The van der Waals surface area contributed by atoms with Gasteiger partial charge in [-0.1, -0.05) is 12.1 Å². The molecule has 4 rings (SSSR count). The number of rotatable bonds is 5. The summed E-state index contributed by atoms with van der Waals surface area (Å²) in [5.41, 5.74) is 4.40. The molecule has 0 aromatic heterocycles. The molecule has 2 unspecified atom stereocenters. The fourth-order valence-electron chi connectivity index (χ4n) is 2.48. The molecule has 0 bridgehead atoms. The van der Waals surface area contributed by atoms with E-state index in [1.54, 1.807) is 0 Å². The fourth-order valence-corrected chi connectivity index (χ4v) is 2.48. The van der Waals surface area contributed by atoms with Gasteiger partial charge in [0.1, 0.15) is 0 Å². The third-order valence-electron chi connectivity index (χ3n) is 3.72. The Morgan fingerprint density at radius 3 is 2.41 bits per heavy atom. The first kappa shape index (κ1) is 9.92. The van der Waals surface area contributed by atoms with Crippen molar-refractivity contribution in [3.05, 3.63) is 29.3 Å². The van der Waals surface area contributed by atoms with E-state index in [2.05, 4.69) is 23.1 Å². The number of benzene rings is 1. The van der Waals surface area contributed by atoms with E-state index in [0.29, 0.717) is 12.2 Å². The first-order chi connectivity index (χ1) is 8.40. The van der Waals surface area contributed by atoms with E-state index in [0.717, 1.165) is 26.1 Å². The molecule has 3 heteroatoms. The largest absolute Gasteiger partial charge is 0.373 e. The SMILES string of the molecule is c1cc(CC2CO2)c(CC2CO2)c(N2CC2)c1. The van der Waals surface area contributed by atoms with Gasteiger partial charge in [0.25, 0.3) is 0 Å². The highest BCUT2D eigenvalue weighted by molar-refractivity contribution is 5.61. The molecule has 0 spiro atoms. The van der Waals surface area contributed by atoms with Crippen molar-refractivity contribution in [2.24, 2.45) is 0 Å². The highest BCUT2D eigenvalue weighted by Crippen LogP contribution is 2.33. The molecule has 17 heavy (non-hydrogen) atoms. The number of anilines is 1. The topological polar surface area (TPSA) is 28.1 Å². The monoisotopic (exact) mass is 231 g/mol. The maximum absolute atomic E-state index is 5.39. The second-order valence-electron chi connectivity index (χ2n) is 5.22. The quantitative estimate of drug-likeness (QED) is 0.717. The van der Waals surface area contributed by atoms with E-state index < -0.39 is 0 Å². The lowest BCUT2D eigenvalue weighted by Crippen LogP contribution is -2.07. The molecule has 2 atom stereocenters. The van der Waals surface area contributed by atoms with Gasteiger partial charge in [-0.3, -0.25) is 0 Å². The van der Waals surface area contributed by atoms with Gasteiger partial charge in [0.15, 0.2) is 0 Å². The summed E-state index contributed by atoms with van der Waals surface area (Å²) in [4.78, 5) is 2.44. The number of hydrogen-bond donors (Lipinski definition) is 0. The Bertz CT molecular complexity index is 434. The van der Waals surface area contributed by atoms with Crippen LogP contribution >= 0.6 is 0 Å². The highest BCUT2D eigenvalue weighted by Gasteiger charge is 2.31. The Morgan fingerprint density at radius 2 is 1.76 bits per heavy atom. The minimum atomic E-state index is 0.468. The minimum absolute atomic E-state index is 0.468. The van der Waals surface area contributed by atoms with E-state index in [9.17, 15) is 0 Å². The van der Waals surface area contributed by atoms with Crippen LogP contribution in [0.3, 0.4) is 0 Å². The van der Waals surface area contributed by atoms with Crippen LogP contribution in [0.15, 0.2) is 18.2 Å². The second kappa shape index (κ2) is 3.72. The second-order valence-corrected chi connectivity index (χ2v) is 5.22. The van der Waals surface area contributed by atoms with Gasteiger partial charge in [-0.05, 0) is 17.2 Å². The Hall–Kier alpha value is -1.06. The number of ether oxygens (including phenoxy) is 2. The zero-order chi connectivity index (χ0) is 11.2. The van der Waals surface area contributed by atoms with E-state index in [-0.39, 0.29) is 0 Å². The summed E-state index contributed by atoms with van der Waals surface area (Å²) in [5, 5.41) is 0. The Labute approximate surface area is 101 Å². The normalized spacial score (nSPS) is 29.3. The average molecular weight is 231 g/mol. The van der Waals surface area contributed by atoms with Crippen molar-refractivity contribution < 1.29 is 9.47 Å². The first-order valence-electron chi connectivity index (χ1n) is 6.49. The molecule has 0 N–H and O–H groups in total. The molecule has 0 saturated carbocycles. The summed E-state index contributed by atoms with van der Waals surface area (Å²) in [7, 11) is 0. The van der Waals surface area contributed by atoms with E-state index in [4.69, 9.17) is 9.47 Å². The molecule has 0 aliphatic carbocycles. The summed E-state index contributed by atoms with van der Waals surface area (Å²) in [6.45, 7) is 4.30. The Balaban J connectivity index is 1.66. The van der Waals surface area contributed by atoms with Crippen molar-refractivity contribution in [1.29, 1.82) is 0 Å². The van der Waals surface area contributed by atoms with Crippen molar-refractivity contribution in [1.82, 2.24) is 0 Å². The van der Waals surface area contributed by atoms with Crippen LogP contribution in [0.1, 0.15) is 11.1 Å². The van der Waals surface area contributed by atoms with Gasteiger partial charge in [0.05, 0.1) is 25.4 Å². The average Bonchev–Trinajstić information content (AvgIpc) is 3.16. The Kier molecular flexibility index (Phi) is 2.17. The lowest BCUT2D eigenvalue weighted by molar-refractivity contribution is 0.401. The Morgan fingerprint density at radius 1 is 1.06 bits per heavy atom. The van der Waals surface area contributed by atoms with Crippen LogP contribution in [0.5, 0.6) is 0 Å². The van der Waals surface area contributed by atoms with Crippen LogP contribution in [0, 0.1) is 0 Å². The zero-order valence-electron chi connectivity index (χ0n) is 9.89. The lowest BCUT2D eigenvalue weighted by Gasteiger charge is -2.14. The van der Waals surface area contributed by atoms with Crippen molar-refractivity contribution >= 4 is 5.69 Å². The first-order valence-corrected chi connectivity index (χ1v) is 6.49. The van der Waals surface area contributed by atoms with Gasteiger partial charge in [-0.15, -0.1) is 0 Å². The molecule has 0 amide bonds. The molecule has 0 radical (unpaired) electrons. The summed E-state index contributed by atoms with van der Waals surface area (Å²) >= 11 is 0. The molecular formula is C14H17NO2. The van der Waals surface area contributed by atoms with E-state index in [1.807, 2.05) is 0 Å². The minimum Gasteiger partial charge on any atom is -0.373 e. The van der Waals surface area contributed by atoms with Crippen LogP contribution in [-0.4, -0.2) is 38.5 Å². The molecule has 3 saturated heterocycles. The van der Waals surface area contributed by atoms with Crippen LogP contribution in [0.4, 0.5) is 5.69 Å². The van der Waals surface area contributed by atoms with Gasteiger partial charge in [0.2, 0.25) is 0 Å². The summed E-state index contributed by atoms with van der Waals surface area (Å²) < 4.78 is 10.8. The van der Waals surface area contributed by atoms with E-state index >= 15 is 0 Å². The van der Waals surface area contributed by atoms with Gasteiger partial charge in [0, 0.05) is 31.6 Å². The van der Waals surface area contributed by atoms with Gasteiger partial charge in [-0.2, -0.15) is 0 Å². The van der Waals surface area contributed by atoms with Crippen molar-refractivity contribution in [3.63, 3.8) is 0 Å². The molecule has 3 heterocycles. The van der Waals surface area contributed by atoms with Gasteiger partial charge >= 0.3 is 0 Å². The number of epoxide rings is 2. The predicted molar refractivity (Wildman–Crippen MR) is 65.5 cm³/mol. The summed E-state index contributed by atoms with van der Waals surface area (Å²) in [6.07, 6.45) is 3.09. The predicted octanol–water partition coefficient (Wildman–Crippen LogP) is 1.39. The maximum Gasteiger partial charge on any atom is 0.0851 e. The lowest BCUT2D eigenvalue weighted by atomic mass is 9.97. The van der Waals surface area contributed by atoms with Gasteiger partial charge in [-0.25, -0.2) is 0 Å². The van der Waals surface area contributed by atoms with Crippen molar-refractivity contribution in [2.75, 3.05) is 31.2 Å². The maximum atomic E-state index is 5.39. The molecule has 3 aliphatic rings. The molecule has 1 aromatic rings. The molecular weight excluding hydrogens is 214 g/mol. The fraction of sp³-hybridized carbons (Fsp3) is 0.571. The zero-order valence-corrected chi connectivity index (χ0v) is 9.89. The third-order valence-corrected chi connectivity index (χ3v) is 3.72. The molecule has 3 nitrogen and oxygen atoms in total. The van der Waals surface area contributed by atoms with Crippen LogP contribution in [0.25, 0.3) is 0 Å². The molecule has 1 aromatic carbocycles.